The number of nitrogens with zero attached hydrogens (tertiary/aromatic N) is 3. The Morgan fingerprint density at radius 3 is 2.44 bits per heavy atom. The van der Waals surface area contributed by atoms with Gasteiger partial charge in [-0.15, -0.1) is 0 Å². The molecule has 0 bridgehead atoms. The van der Waals surface area contributed by atoms with Crippen LogP contribution < -0.4 is 9.47 Å². The molecule has 1 aliphatic heterocycles. The van der Waals surface area contributed by atoms with Crippen LogP contribution >= 0.6 is 0 Å². The smallest absolute Gasteiger partial charge is 0.305 e. The molecule has 1 unspecified atom stereocenters. The minimum Gasteiger partial charge on any atom is -0.493 e. The van der Waals surface area contributed by atoms with E-state index in [2.05, 4.69) is 5.10 Å². The fourth-order valence-electron chi connectivity index (χ4n) is 3.61. The molecule has 1 N–H and O–H groups in total. The summed E-state index contributed by atoms with van der Waals surface area (Å²) in [6.45, 7) is 2.23. The summed E-state index contributed by atoms with van der Waals surface area (Å²) in [6.07, 6.45) is 0.416. The molecule has 0 fully saturated rings. The number of carboxylic acid groups (broad SMARTS) is 1. The van der Waals surface area contributed by atoms with Gasteiger partial charge in [-0.25, -0.2) is 0 Å². The first kappa shape index (κ1) is 18.8. The lowest BCUT2D eigenvalue weighted by molar-refractivity contribution is -0.138. The van der Waals surface area contributed by atoms with E-state index >= 15 is 0 Å². The number of carboxylic acids is 1. The first-order valence-corrected chi connectivity index (χ1v) is 8.64. The van der Waals surface area contributed by atoms with E-state index in [0.717, 1.165) is 16.8 Å². The maximum absolute atomic E-state index is 13.1. The highest BCUT2D eigenvalue weighted by Gasteiger charge is 2.35. The molecule has 1 aromatic carbocycles. The summed E-state index contributed by atoms with van der Waals surface area (Å²) < 4.78 is 12.2. The van der Waals surface area contributed by atoms with E-state index in [1.54, 1.807) is 31.2 Å². The van der Waals surface area contributed by atoms with Gasteiger partial charge in [0.1, 0.15) is 5.69 Å². The van der Waals surface area contributed by atoms with Crippen LogP contribution in [0.4, 0.5) is 0 Å². The van der Waals surface area contributed by atoms with Gasteiger partial charge >= 0.3 is 5.97 Å². The summed E-state index contributed by atoms with van der Waals surface area (Å²) in [4.78, 5) is 26.3. The number of carbonyl (C=O) groups excluding carboxylic acids is 1. The van der Waals surface area contributed by atoms with Crippen LogP contribution in [0.25, 0.3) is 0 Å². The number of fused-ring (bicyclic) bond motifs is 1. The summed E-state index contributed by atoms with van der Waals surface area (Å²) in [5.74, 6) is -0.101. The highest BCUT2D eigenvalue weighted by molar-refractivity contribution is 5.93. The molecule has 144 valence electrons. The van der Waals surface area contributed by atoms with Crippen LogP contribution in [0.3, 0.4) is 0 Å². The number of carbonyl (C=O) groups is 2. The standard InChI is InChI=1S/C19H23N3O5/c1-11-7-15(21(2)20-11)19(25)22-6-5-12-8-16(26-3)17(27-4)9-13(12)14(22)10-18(23)24/h7-9,14H,5-6,10H2,1-4H3,(H,23,24). The van der Waals surface area contributed by atoms with Crippen molar-refractivity contribution in [3.8, 4) is 11.5 Å². The van der Waals surface area contributed by atoms with Crippen molar-refractivity contribution in [2.24, 2.45) is 7.05 Å². The summed E-state index contributed by atoms with van der Waals surface area (Å²) in [6, 6.07) is 4.76. The third-order valence-electron chi connectivity index (χ3n) is 4.85. The van der Waals surface area contributed by atoms with E-state index < -0.39 is 12.0 Å². The van der Waals surface area contributed by atoms with E-state index in [1.165, 1.54) is 11.8 Å². The number of hydrogen-bond donors (Lipinski definition) is 1. The lowest BCUT2D eigenvalue weighted by Crippen LogP contribution is -2.41. The van der Waals surface area contributed by atoms with Crippen molar-refractivity contribution in [3.63, 3.8) is 0 Å². The van der Waals surface area contributed by atoms with E-state index in [0.29, 0.717) is 30.2 Å². The maximum Gasteiger partial charge on any atom is 0.305 e. The fourth-order valence-corrected chi connectivity index (χ4v) is 3.61. The van der Waals surface area contributed by atoms with Crippen LogP contribution in [-0.4, -0.2) is 52.4 Å². The third kappa shape index (κ3) is 3.47. The summed E-state index contributed by atoms with van der Waals surface area (Å²) in [5.41, 5.74) is 2.91. The van der Waals surface area contributed by atoms with E-state index in [4.69, 9.17) is 9.47 Å². The van der Waals surface area contributed by atoms with Gasteiger partial charge in [-0.3, -0.25) is 14.3 Å². The number of methoxy groups -OCH3 is 2. The maximum atomic E-state index is 13.1. The number of aliphatic carboxylic acids is 1. The first-order chi connectivity index (χ1) is 12.8. The van der Waals surface area contributed by atoms with Crippen molar-refractivity contribution in [1.82, 2.24) is 14.7 Å². The zero-order valence-electron chi connectivity index (χ0n) is 15.9. The quantitative estimate of drug-likeness (QED) is 0.861. The zero-order chi connectivity index (χ0) is 19.7. The number of aromatic nitrogens is 2. The van der Waals surface area contributed by atoms with Gasteiger partial charge in [0.05, 0.1) is 32.4 Å². The molecule has 1 atom stereocenters. The second-order valence-electron chi connectivity index (χ2n) is 6.56. The summed E-state index contributed by atoms with van der Waals surface area (Å²) in [7, 11) is 4.79. The number of aryl methyl sites for hydroxylation is 2. The molecule has 0 saturated heterocycles. The lowest BCUT2D eigenvalue weighted by Gasteiger charge is -2.37. The molecule has 8 heteroatoms. The molecule has 2 heterocycles. The molecular weight excluding hydrogens is 350 g/mol. The van der Waals surface area contributed by atoms with Crippen LogP contribution in [0, 0.1) is 6.92 Å². The average molecular weight is 373 g/mol. The largest absolute Gasteiger partial charge is 0.493 e. The van der Waals surface area contributed by atoms with Crippen LogP contribution in [0.1, 0.15) is 39.8 Å². The van der Waals surface area contributed by atoms with Gasteiger partial charge in [0.25, 0.3) is 5.91 Å². The van der Waals surface area contributed by atoms with Crippen LogP contribution in [0.2, 0.25) is 0 Å². The van der Waals surface area contributed by atoms with Crippen molar-refractivity contribution in [1.29, 1.82) is 0 Å². The van der Waals surface area contributed by atoms with Gasteiger partial charge in [-0.05, 0) is 42.7 Å². The van der Waals surface area contributed by atoms with Gasteiger partial charge in [0.15, 0.2) is 11.5 Å². The monoisotopic (exact) mass is 373 g/mol. The third-order valence-corrected chi connectivity index (χ3v) is 4.85. The topological polar surface area (TPSA) is 93.9 Å². The molecule has 0 radical (unpaired) electrons. The number of hydrogen-bond acceptors (Lipinski definition) is 5. The van der Waals surface area contributed by atoms with Crippen molar-refractivity contribution in [2.45, 2.75) is 25.8 Å². The number of amides is 1. The highest BCUT2D eigenvalue weighted by Crippen LogP contribution is 2.40. The molecule has 2 aromatic rings. The van der Waals surface area contributed by atoms with Crippen LogP contribution in [-0.2, 0) is 18.3 Å². The molecular formula is C19H23N3O5. The van der Waals surface area contributed by atoms with Crippen LogP contribution in [0.15, 0.2) is 18.2 Å². The first-order valence-electron chi connectivity index (χ1n) is 8.64. The van der Waals surface area contributed by atoms with Gasteiger partial charge in [0, 0.05) is 13.6 Å². The van der Waals surface area contributed by atoms with E-state index in [-0.39, 0.29) is 12.3 Å². The Labute approximate surface area is 157 Å². The van der Waals surface area contributed by atoms with E-state index in [1.807, 2.05) is 13.0 Å². The SMILES string of the molecule is COc1cc2c(cc1OC)C(CC(=O)O)N(C(=O)c1cc(C)nn1C)CC2. The number of rotatable bonds is 5. The Kier molecular flexibility index (Phi) is 5.07. The van der Waals surface area contributed by atoms with Crippen molar-refractivity contribution < 1.29 is 24.2 Å². The molecule has 1 aliphatic rings. The minimum atomic E-state index is -0.971. The predicted octanol–water partition coefficient (Wildman–Crippen LogP) is 1.96. The summed E-state index contributed by atoms with van der Waals surface area (Å²) >= 11 is 0. The van der Waals surface area contributed by atoms with Gasteiger partial charge in [0.2, 0.25) is 0 Å². The number of benzene rings is 1. The Hall–Kier alpha value is -3.03. The zero-order valence-corrected chi connectivity index (χ0v) is 15.9. The van der Waals surface area contributed by atoms with Gasteiger partial charge in [-0.1, -0.05) is 0 Å². The lowest BCUT2D eigenvalue weighted by atomic mass is 9.89. The normalized spacial score (nSPS) is 16.0. The highest BCUT2D eigenvalue weighted by atomic mass is 16.5. The molecule has 0 saturated carbocycles. The Bertz CT molecular complexity index is 890. The molecule has 1 aromatic heterocycles. The molecule has 27 heavy (non-hydrogen) atoms. The predicted molar refractivity (Wildman–Crippen MR) is 97.2 cm³/mol. The fraction of sp³-hybridized carbons (Fsp3) is 0.421. The summed E-state index contributed by atoms with van der Waals surface area (Å²) in [5, 5.41) is 13.7. The molecule has 0 spiro atoms. The second kappa shape index (κ2) is 7.30. The Morgan fingerprint density at radius 1 is 1.22 bits per heavy atom. The van der Waals surface area contributed by atoms with Gasteiger partial charge < -0.3 is 19.5 Å². The van der Waals surface area contributed by atoms with Crippen LogP contribution in [0.5, 0.6) is 11.5 Å². The minimum absolute atomic E-state index is 0.189. The van der Waals surface area contributed by atoms with E-state index in [9.17, 15) is 14.7 Å². The van der Waals surface area contributed by atoms with Crippen molar-refractivity contribution >= 4 is 11.9 Å². The molecule has 8 nitrogen and oxygen atoms in total. The molecule has 3 rings (SSSR count). The molecule has 0 aliphatic carbocycles. The van der Waals surface area contributed by atoms with Gasteiger partial charge in [-0.2, -0.15) is 5.10 Å². The average Bonchev–Trinajstić information content (AvgIpc) is 2.98. The number of ether oxygens (including phenoxy) is 2. The molecule has 1 amide bonds. The second-order valence-corrected chi connectivity index (χ2v) is 6.56. The Balaban J connectivity index is 2.05. The Morgan fingerprint density at radius 2 is 1.89 bits per heavy atom. The van der Waals surface area contributed by atoms with Crippen molar-refractivity contribution in [2.75, 3.05) is 20.8 Å². The van der Waals surface area contributed by atoms with Crippen molar-refractivity contribution in [3.05, 3.63) is 40.7 Å².